The van der Waals surface area contributed by atoms with E-state index in [1.807, 2.05) is 0 Å². The fourth-order valence-electron chi connectivity index (χ4n) is 3.91. The monoisotopic (exact) mass is 330 g/mol. The van der Waals surface area contributed by atoms with E-state index in [0.29, 0.717) is 5.92 Å². The predicted octanol–water partition coefficient (Wildman–Crippen LogP) is 7.32. The van der Waals surface area contributed by atoms with Crippen molar-refractivity contribution in [3.8, 4) is 0 Å². The normalized spacial score (nSPS) is 31.8. The van der Waals surface area contributed by atoms with Crippen LogP contribution in [0.15, 0.2) is 95.7 Å². The van der Waals surface area contributed by atoms with Crippen LogP contribution in [0, 0.1) is 5.92 Å². The summed E-state index contributed by atoms with van der Waals surface area (Å²) in [5.41, 5.74) is 4.53. The molecule has 0 saturated carbocycles. The number of allylic oxidation sites excluding steroid dienone is 16. The minimum Gasteiger partial charge on any atom is -0.0842 e. The average molecular weight is 331 g/mol. The third-order valence-corrected chi connectivity index (χ3v) is 5.23. The van der Waals surface area contributed by atoms with Gasteiger partial charge in [0, 0.05) is 5.92 Å². The Morgan fingerprint density at radius 3 is 2.48 bits per heavy atom. The van der Waals surface area contributed by atoms with Crippen molar-refractivity contribution in [2.24, 2.45) is 5.92 Å². The lowest BCUT2D eigenvalue weighted by Crippen LogP contribution is -2.10. The molecule has 0 heterocycles. The predicted molar refractivity (Wildman–Crippen MR) is 110 cm³/mol. The summed E-state index contributed by atoms with van der Waals surface area (Å²) >= 11 is 0. The molecule has 0 heteroatoms. The molecule has 0 bridgehead atoms. The van der Waals surface area contributed by atoms with Gasteiger partial charge < -0.3 is 0 Å². The molecule has 130 valence electrons. The van der Waals surface area contributed by atoms with Gasteiger partial charge in [0.15, 0.2) is 0 Å². The molecule has 25 heavy (non-hydrogen) atoms. The summed E-state index contributed by atoms with van der Waals surface area (Å²) in [6.07, 6.45) is 39.2. The first-order chi connectivity index (χ1) is 12.4. The van der Waals surface area contributed by atoms with Crippen molar-refractivity contribution in [3.05, 3.63) is 95.7 Å². The molecule has 3 aliphatic rings. The molecule has 0 amide bonds. The van der Waals surface area contributed by atoms with E-state index in [4.69, 9.17) is 0 Å². The van der Waals surface area contributed by atoms with E-state index in [2.05, 4.69) is 79.0 Å². The number of hydrogen-bond donors (Lipinski definition) is 0. The quantitative estimate of drug-likeness (QED) is 0.497. The molecular weight excluding hydrogens is 300 g/mol. The van der Waals surface area contributed by atoms with Crippen molar-refractivity contribution in [2.75, 3.05) is 0 Å². The molecule has 3 rings (SSSR count). The molecule has 0 N–H and O–H groups in total. The number of rotatable bonds is 2. The van der Waals surface area contributed by atoms with Crippen LogP contribution in [0.25, 0.3) is 0 Å². The van der Waals surface area contributed by atoms with Crippen LogP contribution in [0.3, 0.4) is 0 Å². The standard InChI is InChI=1S/C25H30/c1-4-10-16-22(17-11-5-1)24-20-14-8-3-9-15-21-25(24)23-18-12-6-2-7-13-19-23/h1-2,4-7,10-12,16-18,20,25H,3,8-9,13-15,19,21H2/b4-1+,5-1?,7-2-,10-4?,11-5-,12-6-,16-10?,17-11?,22-16?,22-17?,23-18+,24-20?. The zero-order valence-corrected chi connectivity index (χ0v) is 15.2. The van der Waals surface area contributed by atoms with Crippen molar-refractivity contribution in [1.82, 2.24) is 0 Å². The Morgan fingerprint density at radius 1 is 0.680 bits per heavy atom. The van der Waals surface area contributed by atoms with Gasteiger partial charge in [0.25, 0.3) is 0 Å². The van der Waals surface area contributed by atoms with Gasteiger partial charge in [-0.25, -0.2) is 0 Å². The molecule has 0 aliphatic heterocycles. The highest BCUT2D eigenvalue weighted by Crippen LogP contribution is 2.36. The van der Waals surface area contributed by atoms with Crippen LogP contribution in [-0.2, 0) is 0 Å². The largest absolute Gasteiger partial charge is 0.0842 e. The van der Waals surface area contributed by atoms with Gasteiger partial charge in [-0.1, -0.05) is 104 Å². The first-order valence-corrected chi connectivity index (χ1v) is 9.89. The molecule has 0 radical (unpaired) electrons. The van der Waals surface area contributed by atoms with Crippen molar-refractivity contribution in [2.45, 2.75) is 51.4 Å². The summed E-state index contributed by atoms with van der Waals surface area (Å²) in [7, 11) is 0. The second-order valence-electron chi connectivity index (χ2n) is 7.05. The highest BCUT2D eigenvalue weighted by atomic mass is 14.3. The van der Waals surface area contributed by atoms with Gasteiger partial charge in [0.05, 0.1) is 0 Å². The third-order valence-electron chi connectivity index (χ3n) is 5.23. The fraction of sp³-hybridized carbons (Fsp3) is 0.360. The van der Waals surface area contributed by atoms with Crippen LogP contribution >= 0.6 is 0 Å². The molecule has 0 aromatic carbocycles. The Labute approximate surface area is 153 Å². The molecule has 0 aromatic heterocycles. The van der Waals surface area contributed by atoms with Gasteiger partial charge in [0.2, 0.25) is 0 Å². The third kappa shape index (κ3) is 5.46. The first-order valence-electron chi connectivity index (χ1n) is 9.89. The van der Waals surface area contributed by atoms with E-state index in [0.717, 1.165) is 6.42 Å². The van der Waals surface area contributed by atoms with Gasteiger partial charge in [-0.2, -0.15) is 0 Å². The lowest BCUT2D eigenvalue weighted by atomic mass is 9.80. The molecule has 0 aromatic rings. The highest BCUT2D eigenvalue weighted by molar-refractivity contribution is 5.48. The van der Waals surface area contributed by atoms with Crippen molar-refractivity contribution >= 4 is 0 Å². The van der Waals surface area contributed by atoms with Crippen LogP contribution in [-0.4, -0.2) is 0 Å². The zero-order valence-electron chi connectivity index (χ0n) is 15.2. The SMILES string of the molecule is C1=CC(C2=CCCCCCCC2/C2=C/C=C\C=C/CC2)=C/C=C\C=C\1. The Balaban J connectivity index is 1.95. The molecule has 1 unspecified atom stereocenters. The van der Waals surface area contributed by atoms with Crippen LogP contribution in [0.2, 0.25) is 0 Å². The topological polar surface area (TPSA) is 0 Å². The molecule has 0 saturated heterocycles. The average Bonchev–Trinajstić information content (AvgIpc) is 2.67. The minimum absolute atomic E-state index is 0.557. The maximum absolute atomic E-state index is 2.53. The Bertz CT molecular complexity index is 671. The molecular formula is C25H30. The summed E-state index contributed by atoms with van der Waals surface area (Å²) in [6.45, 7) is 0. The zero-order chi connectivity index (χ0) is 17.2. The lowest BCUT2D eigenvalue weighted by Gasteiger charge is -2.25. The van der Waals surface area contributed by atoms with Gasteiger partial charge in [0.1, 0.15) is 0 Å². The van der Waals surface area contributed by atoms with Crippen LogP contribution in [0.1, 0.15) is 51.4 Å². The maximum Gasteiger partial charge on any atom is 0.00541 e. The summed E-state index contributed by atoms with van der Waals surface area (Å²) in [4.78, 5) is 0. The van der Waals surface area contributed by atoms with Gasteiger partial charge in [-0.3, -0.25) is 0 Å². The van der Waals surface area contributed by atoms with E-state index in [1.54, 1.807) is 11.1 Å². The summed E-state index contributed by atoms with van der Waals surface area (Å²) < 4.78 is 0. The van der Waals surface area contributed by atoms with Crippen LogP contribution in [0.4, 0.5) is 0 Å². The summed E-state index contributed by atoms with van der Waals surface area (Å²) in [6, 6.07) is 0. The Hall–Kier alpha value is -2.08. The maximum atomic E-state index is 2.53. The second kappa shape index (κ2) is 10.0. The second-order valence-corrected chi connectivity index (χ2v) is 7.05. The van der Waals surface area contributed by atoms with E-state index in [1.165, 1.54) is 50.5 Å². The first kappa shape index (κ1) is 17.7. The molecule has 0 fully saturated rings. The minimum atomic E-state index is 0.557. The van der Waals surface area contributed by atoms with Crippen molar-refractivity contribution in [3.63, 3.8) is 0 Å². The molecule has 0 nitrogen and oxygen atoms in total. The van der Waals surface area contributed by atoms with E-state index in [-0.39, 0.29) is 0 Å². The van der Waals surface area contributed by atoms with E-state index >= 15 is 0 Å². The number of hydrogen-bond acceptors (Lipinski definition) is 0. The van der Waals surface area contributed by atoms with Crippen molar-refractivity contribution < 1.29 is 0 Å². The van der Waals surface area contributed by atoms with Gasteiger partial charge >= 0.3 is 0 Å². The highest BCUT2D eigenvalue weighted by Gasteiger charge is 2.21. The van der Waals surface area contributed by atoms with Gasteiger partial charge in [-0.05, 0) is 43.3 Å². The molecule has 1 atom stereocenters. The van der Waals surface area contributed by atoms with E-state index < -0.39 is 0 Å². The van der Waals surface area contributed by atoms with Gasteiger partial charge in [-0.15, -0.1) is 0 Å². The Kier molecular flexibility index (Phi) is 7.12. The fourth-order valence-corrected chi connectivity index (χ4v) is 3.91. The van der Waals surface area contributed by atoms with Crippen LogP contribution in [0.5, 0.6) is 0 Å². The molecule has 3 aliphatic carbocycles. The summed E-state index contributed by atoms with van der Waals surface area (Å²) in [5, 5.41) is 0. The smallest absolute Gasteiger partial charge is 0.00541 e. The summed E-state index contributed by atoms with van der Waals surface area (Å²) in [5.74, 6) is 0.557. The molecule has 0 spiro atoms. The van der Waals surface area contributed by atoms with Crippen molar-refractivity contribution in [1.29, 1.82) is 0 Å². The van der Waals surface area contributed by atoms with Crippen LogP contribution < -0.4 is 0 Å². The lowest BCUT2D eigenvalue weighted by molar-refractivity contribution is 0.557. The Morgan fingerprint density at radius 2 is 1.48 bits per heavy atom. The van der Waals surface area contributed by atoms with E-state index in [9.17, 15) is 0 Å².